The molecular weight excluding hydrogens is 396 g/mol. The van der Waals surface area contributed by atoms with Crippen molar-refractivity contribution in [2.24, 2.45) is 4.99 Å². The summed E-state index contributed by atoms with van der Waals surface area (Å²) in [6.45, 7) is 8.45. The fraction of sp³-hybridized carbons (Fsp3) is 0.522. The Morgan fingerprint density at radius 2 is 1.94 bits per heavy atom. The molecule has 0 bridgehead atoms. The third-order valence-electron chi connectivity index (χ3n) is 5.44. The van der Waals surface area contributed by atoms with Gasteiger partial charge >= 0.3 is 0 Å². The molecule has 1 aromatic carbocycles. The van der Waals surface area contributed by atoms with Gasteiger partial charge in [0.05, 0.1) is 39.2 Å². The molecule has 0 radical (unpaired) electrons. The zero-order valence-corrected chi connectivity index (χ0v) is 18.1. The van der Waals surface area contributed by atoms with Crippen molar-refractivity contribution >= 4 is 11.6 Å². The van der Waals surface area contributed by atoms with Gasteiger partial charge in [0, 0.05) is 50.3 Å². The third kappa shape index (κ3) is 6.38. The Labute approximate surface area is 183 Å². The van der Waals surface area contributed by atoms with Gasteiger partial charge in [-0.2, -0.15) is 0 Å². The molecule has 1 aromatic heterocycles. The highest BCUT2D eigenvalue weighted by molar-refractivity contribution is 5.94. The number of aliphatic imine (C=N–C) groups is 1. The van der Waals surface area contributed by atoms with Gasteiger partial charge in [-0.3, -0.25) is 9.89 Å². The number of furan rings is 1. The molecule has 0 saturated carbocycles. The molecule has 0 spiro atoms. The van der Waals surface area contributed by atoms with E-state index in [1.165, 1.54) is 0 Å². The number of fused-ring (bicyclic) bond motifs is 1. The maximum absolute atomic E-state index is 5.82. The Bertz CT molecular complexity index is 834. The lowest BCUT2D eigenvalue weighted by atomic mass is 10.2. The van der Waals surface area contributed by atoms with Gasteiger partial charge in [0.15, 0.2) is 17.5 Å². The molecule has 168 valence electrons. The second kappa shape index (κ2) is 11.1. The van der Waals surface area contributed by atoms with E-state index in [9.17, 15) is 0 Å². The molecule has 4 rings (SSSR count). The Balaban J connectivity index is 1.41. The van der Waals surface area contributed by atoms with Crippen LogP contribution in [0.4, 0.5) is 5.69 Å². The lowest BCUT2D eigenvalue weighted by molar-refractivity contribution is 0.0220. The number of benzene rings is 1. The van der Waals surface area contributed by atoms with E-state index in [-0.39, 0.29) is 0 Å². The molecule has 1 saturated heterocycles. The average Bonchev–Trinajstić information content (AvgIpc) is 3.21. The van der Waals surface area contributed by atoms with Crippen LogP contribution in [0, 0.1) is 0 Å². The standard InChI is InChI=1S/C23H32N4O4/c1-18(27-9-14-28-15-10-27)17-25-23(24-8-7-20-4-2-11-29-20)26-19-5-6-21-22(16-19)31-13-3-12-30-21/h2,4-6,11,16,18H,3,7-10,12-15,17H2,1H3,(H2,24,25,26). The van der Waals surface area contributed by atoms with E-state index >= 15 is 0 Å². The Kier molecular flexibility index (Phi) is 7.68. The molecule has 2 aromatic rings. The van der Waals surface area contributed by atoms with Crippen molar-refractivity contribution in [1.29, 1.82) is 0 Å². The van der Waals surface area contributed by atoms with Gasteiger partial charge in [0.2, 0.25) is 0 Å². The highest BCUT2D eigenvalue weighted by Gasteiger charge is 2.17. The van der Waals surface area contributed by atoms with Crippen LogP contribution in [-0.2, 0) is 11.2 Å². The van der Waals surface area contributed by atoms with Crippen LogP contribution < -0.4 is 20.1 Å². The summed E-state index contributed by atoms with van der Waals surface area (Å²) in [5.74, 6) is 3.23. The first-order valence-corrected chi connectivity index (χ1v) is 11.1. The maximum atomic E-state index is 5.82. The minimum Gasteiger partial charge on any atom is -0.490 e. The number of rotatable bonds is 7. The summed E-state index contributed by atoms with van der Waals surface area (Å²) in [6.07, 6.45) is 3.37. The van der Waals surface area contributed by atoms with Gasteiger partial charge in [-0.05, 0) is 31.2 Å². The number of nitrogens with one attached hydrogen (secondary N) is 2. The second-order valence-corrected chi connectivity index (χ2v) is 7.78. The number of guanidine groups is 1. The lowest BCUT2D eigenvalue weighted by Gasteiger charge is -2.31. The van der Waals surface area contributed by atoms with E-state index in [2.05, 4.69) is 22.5 Å². The summed E-state index contributed by atoms with van der Waals surface area (Å²) in [7, 11) is 0. The Hall–Kier alpha value is -2.71. The van der Waals surface area contributed by atoms with Gasteiger partial charge < -0.3 is 29.3 Å². The van der Waals surface area contributed by atoms with Gasteiger partial charge in [-0.25, -0.2) is 0 Å². The molecule has 2 aliphatic heterocycles. The van der Waals surface area contributed by atoms with Gasteiger partial charge in [-0.1, -0.05) is 0 Å². The minimum atomic E-state index is 0.344. The highest BCUT2D eigenvalue weighted by atomic mass is 16.5. The monoisotopic (exact) mass is 428 g/mol. The van der Waals surface area contributed by atoms with Gasteiger partial charge in [-0.15, -0.1) is 0 Å². The zero-order chi connectivity index (χ0) is 21.3. The van der Waals surface area contributed by atoms with Crippen LogP contribution in [0.15, 0.2) is 46.0 Å². The van der Waals surface area contributed by atoms with Crippen LogP contribution in [0.25, 0.3) is 0 Å². The first kappa shape index (κ1) is 21.5. The summed E-state index contributed by atoms with van der Waals surface area (Å²) in [5, 5.41) is 6.84. The Morgan fingerprint density at radius 1 is 1.10 bits per heavy atom. The van der Waals surface area contributed by atoms with Crippen molar-refractivity contribution in [3.63, 3.8) is 0 Å². The van der Waals surface area contributed by atoms with E-state index in [1.54, 1.807) is 6.26 Å². The van der Waals surface area contributed by atoms with E-state index in [1.807, 2.05) is 30.3 Å². The number of nitrogens with zero attached hydrogens (tertiary/aromatic N) is 2. The molecule has 1 fully saturated rings. The third-order valence-corrected chi connectivity index (χ3v) is 5.44. The normalized spacial score (nSPS) is 18.3. The second-order valence-electron chi connectivity index (χ2n) is 7.78. The van der Waals surface area contributed by atoms with Crippen LogP contribution >= 0.6 is 0 Å². The van der Waals surface area contributed by atoms with E-state index < -0.39 is 0 Å². The van der Waals surface area contributed by atoms with Crippen LogP contribution in [0.5, 0.6) is 11.5 Å². The summed E-state index contributed by atoms with van der Waals surface area (Å²) in [6, 6.07) is 10.1. The maximum Gasteiger partial charge on any atom is 0.195 e. The van der Waals surface area contributed by atoms with E-state index in [4.69, 9.17) is 23.6 Å². The van der Waals surface area contributed by atoms with Gasteiger partial charge in [0.25, 0.3) is 0 Å². The summed E-state index contributed by atoms with van der Waals surface area (Å²) in [5.41, 5.74) is 0.910. The fourth-order valence-electron chi connectivity index (χ4n) is 3.63. The predicted molar refractivity (Wildman–Crippen MR) is 120 cm³/mol. The van der Waals surface area contributed by atoms with Crippen LogP contribution in [0.3, 0.4) is 0 Å². The topological polar surface area (TPSA) is 80.5 Å². The number of morpholine rings is 1. The van der Waals surface area contributed by atoms with Crippen molar-refractivity contribution in [2.75, 3.05) is 57.9 Å². The summed E-state index contributed by atoms with van der Waals surface area (Å²) in [4.78, 5) is 7.27. The molecule has 31 heavy (non-hydrogen) atoms. The smallest absolute Gasteiger partial charge is 0.195 e. The van der Waals surface area contributed by atoms with Crippen LogP contribution in [0.2, 0.25) is 0 Å². The predicted octanol–water partition coefficient (Wildman–Crippen LogP) is 2.76. The first-order chi connectivity index (χ1) is 15.3. The Morgan fingerprint density at radius 3 is 2.74 bits per heavy atom. The lowest BCUT2D eigenvalue weighted by Crippen LogP contribution is -2.44. The van der Waals surface area contributed by atoms with Gasteiger partial charge in [0.1, 0.15) is 5.76 Å². The number of anilines is 1. The van der Waals surface area contributed by atoms with Crippen molar-refractivity contribution < 1.29 is 18.6 Å². The molecule has 8 nitrogen and oxygen atoms in total. The molecule has 2 N–H and O–H groups in total. The SMILES string of the molecule is CC(CN=C(NCCc1ccco1)Nc1ccc2c(c1)OCCCO2)N1CCOCC1. The quantitative estimate of drug-likeness (QED) is 0.518. The van der Waals surface area contributed by atoms with Crippen molar-refractivity contribution in [1.82, 2.24) is 10.2 Å². The zero-order valence-electron chi connectivity index (χ0n) is 18.1. The molecule has 8 heteroatoms. The molecule has 3 heterocycles. The number of hydrogen-bond donors (Lipinski definition) is 2. The molecule has 1 atom stereocenters. The highest BCUT2D eigenvalue weighted by Crippen LogP contribution is 2.32. The van der Waals surface area contributed by atoms with Crippen LogP contribution in [-0.4, -0.2) is 69.5 Å². The molecule has 0 amide bonds. The number of ether oxygens (including phenoxy) is 3. The van der Waals surface area contributed by atoms with Crippen molar-refractivity contribution in [3.05, 3.63) is 42.4 Å². The van der Waals surface area contributed by atoms with E-state index in [0.717, 1.165) is 74.6 Å². The minimum absolute atomic E-state index is 0.344. The molecule has 1 unspecified atom stereocenters. The van der Waals surface area contributed by atoms with Crippen LogP contribution in [0.1, 0.15) is 19.1 Å². The van der Waals surface area contributed by atoms with Crippen molar-refractivity contribution in [2.45, 2.75) is 25.8 Å². The molecular formula is C23H32N4O4. The molecule has 0 aliphatic carbocycles. The van der Waals surface area contributed by atoms with Crippen molar-refractivity contribution in [3.8, 4) is 11.5 Å². The first-order valence-electron chi connectivity index (χ1n) is 11.1. The van der Waals surface area contributed by atoms with E-state index in [0.29, 0.717) is 25.8 Å². The fourth-order valence-corrected chi connectivity index (χ4v) is 3.63. The summed E-state index contributed by atoms with van der Waals surface area (Å²) >= 11 is 0. The average molecular weight is 429 g/mol. The largest absolute Gasteiger partial charge is 0.490 e. The molecule has 2 aliphatic rings. The summed E-state index contributed by atoms with van der Waals surface area (Å²) < 4.78 is 22.5. The number of hydrogen-bond acceptors (Lipinski definition) is 6.